The van der Waals surface area contributed by atoms with Crippen molar-refractivity contribution in [3.8, 4) is 0 Å². The Morgan fingerprint density at radius 1 is 1.22 bits per heavy atom. The third kappa shape index (κ3) is 2.76. The molecule has 2 aromatic carbocycles. The summed E-state index contributed by atoms with van der Waals surface area (Å²) in [5, 5.41) is 0. The van der Waals surface area contributed by atoms with Crippen molar-refractivity contribution >= 4 is 16.5 Å². The van der Waals surface area contributed by atoms with Gasteiger partial charge in [-0.05, 0) is 42.3 Å². The Balaban J connectivity index is 2.25. The molecule has 2 aromatic rings. The van der Waals surface area contributed by atoms with Gasteiger partial charge in [0.05, 0.1) is 16.6 Å². The van der Waals surface area contributed by atoms with Crippen molar-refractivity contribution in [3.05, 3.63) is 59.4 Å². The fraction of sp³-hybridized carbons (Fsp3) is 0.143. The van der Waals surface area contributed by atoms with Crippen molar-refractivity contribution in [1.29, 1.82) is 0 Å². The lowest BCUT2D eigenvalue weighted by Crippen LogP contribution is -2.01. The summed E-state index contributed by atoms with van der Waals surface area (Å²) < 4.78 is 25.3. The van der Waals surface area contributed by atoms with Crippen LogP contribution in [-0.4, -0.2) is 4.21 Å². The maximum Gasteiger partial charge on any atom is 0.123 e. The summed E-state index contributed by atoms with van der Waals surface area (Å²) in [4.78, 5) is 0.708. The van der Waals surface area contributed by atoms with Gasteiger partial charge in [0.25, 0.3) is 0 Å². The molecule has 0 amide bonds. The molecule has 0 aliphatic rings. The van der Waals surface area contributed by atoms with Gasteiger partial charge in [-0.1, -0.05) is 18.2 Å². The molecule has 1 unspecified atom stereocenters. The van der Waals surface area contributed by atoms with Crippen molar-refractivity contribution in [2.24, 2.45) is 0 Å². The number of nitrogens with two attached hydrogens (primary N) is 1. The molecule has 0 spiro atoms. The Labute approximate surface area is 108 Å². The molecule has 0 saturated heterocycles. The first kappa shape index (κ1) is 12.8. The van der Waals surface area contributed by atoms with E-state index >= 15 is 0 Å². The van der Waals surface area contributed by atoms with Gasteiger partial charge in [-0.2, -0.15) is 0 Å². The van der Waals surface area contributed by atoms with Crippen molar-refractivity contribution < 1.29 is 8.60 Å². The number of hydrogen-bond acceptors (Lipinski definition) is 2. The van der Waals surface area contributed by atoms with E-state index in [1.807, 2.05) is 6.92 Å². The second-order valence-corrected chi connectivity index (χ2v) is 5.51. The van der Waals surface area contributed by atoms with E-state index in [9.17, 15) is 8.60 Å². The van der Waals surface area contributed by atoms with Gasteiger partial charge in [-0.25, -0.2) is 4.39 Å². The average molecular weight is 263 g/mol. The summed E-state index contributed by atoms with van der Waals surface area (Å²) in [5.74, 6) is -0.0176. The Kier molecular flexibility index (Phi) is 3.77. The van der Waals surface area contributed by atoms with Gasteiger partial charge in [-0.15, -0.1) is 0 Å². The minimum Gasteiger partial charge on any atom is -0.398 e. The van der Waals surface area contributed by atoms with Crippen molar-refractivity contribution in [3.63, 3.8) is 0 Å². The lowest BCUT2D eigenvalue weighted by molar-refractivity contribution is 0.626. The molecule has 1 atom stereocenters. The van der Waals surface area contributed by atoms with Crippen LogP contribution in [-0.2, 0) is 16.6 Å². The molecule has 0 bridgehead atoms. The molecule has 0 aromatic heterocycles. The van der Waals surface area contributed by atoms with E-state index < -0.39 is 10.8 Å². The fourth-order valence-corrected chi connectivity index (χ4v) is 3.06. The summed E-state index contributed by atoms with van der Waals surface area (Å²) >= 11 is 0. The second-order valence-electron chi connectivity index (χ2n) is 4.09. The number of halogens is 1. The molecule has 0 fully saturated rings. The molecule has 0 heterocycles. The average Bonchev–Trinajstić information content (AvgIpc) is 2.32. The molecule has 2 N–H and O–H groups in total. The van der Waals surface area contributed by atoms with Gasteiger partial charge in [0.15, 0.2) is 0 Å². The zero-order valence-electron chi connectivity index (χ0n) is 10.0. The monoisotopic (exact) mass is 263 g/mol. The Bertz CT molecular complexity index is 598. The molecule has 18 heavy (non-hydrogen) atoms. The zero-order valence-corrected chi connectivity index (χ0v) is 10.8. The number of nitrogen functional groups attached to an aromatic ring is 1. The molecular weight excluding hydrogens is 249 g/mol. The molecule has 2 nitrogen and oxygen atoms in total. The Morgan fingerprint density at radius 2 is 1.94 bits per heavy atom. The van der Waals surface area contributed by atoms with E-state index in [0.29, 0.717) is 16.3 Å². The number of hydrogen-bond donors (Lipinski definition) is 1. The van der Waals surface area contributed by atoms with Crippen LogP contribution >= 0.6 is 0 Å². The summed E-state index contributed by atoms with van der Waals surface area (Å²) in [7, 11) is -1.21. The van der Waals surface area contributed by atoms with Crippen LogP contribution in [0, 0.1) is 12.7 Å². The highest BCUT2D eigenvalue weighted by Crippen LogP contribution is 2.21. The topological polar surface area (TPSA) is 43.1 Å². The highest BCUT2D eigenvalue weighted by atomic mass is 32.2. The van der Waals surface area contributed by atoms with E-state index in [0.717, 1.165) is 11.1 Å². The van der Waals surface area contributed by atoms with Gasteiger partial charge in [0.1, 0.15) is 5.82 Å². The van der Waals surface area contributed by atoms with Gasteiger partial charge < -0.3 is 5.73 Å². The standard InChI is InChI=1S/C14H14FNOS/c1-10-13(16)6-3-7-14(10)18(17)9-11-4-2-5-12(15)8-11/h2-8H,9,16H2,1H3. The maximum atomic E-state index is 13.0. The van der Waals surface area contributed by atoms with Crippen molar-refractivity contribution in [2.45, 2.75) is 17.6 Å². The second kappa shape index (κ2) is 5.31. The largest absolute Gasteiger partial charge is 0.398 e. The summed E-state index contributed by atoms with van der Waals surface area (Å²) in [6.07, 6.45) is 0. The van der Waals surface area contributed by atoms with E-state index in [4.69, 9.17) is 5.73 Å². The van der Waals surface area contributed by atoms with Crippen LogP contribution in [0.3, 0.4) is 0 Å². The van der Waals surface area contributed by atoms with Crippen LogP contribution in [0.1, 0.15) is 11.1 Å². The predicted molar refractivity (Wildman–Crippen MR) is 72.1 cm³/mol. The van der Waals surface area contributed by atoms with E-state index in [-0.39, 0.29) is 5.82 Å². The van der Waals surface area contributed by atoms with Crippen LogP contribution < -0.4 is 5.73 Å². The van der Waals surface area contributed by atoms with E-state index in [1.165, 1.54) is 12.1 Å². The van der Waals surface area contributed by atoms with Crippen molar-refractivity contribution in [2.75, 3.05) is 5.73 Å². The lowest BCUT2D eigenvalue weighted by Gasteiger charge is -2.08. The smallest absolute Gasteiger partial charge is 0.123 e. The van der Waals surface area contributed by atoms with Crippen LogP contribution in [0.2, 0.25) is 0 Å². The highest BCUT2D eigenvalue weighted by Gasteiger charge is 2.10. The lowest BCUT2D eigenvalue weighted by atomic mass is 10.2. The third-order valence-electron chi connectivity index (χ3n) is 2.76. The quantitative estimate of drug-likeness (QED) is 0.865. The maximum absolute atomic E-state index is 13.0. The SMILES string of the molecule is Cc1c(N)cccc1S(=O)Cc1cccc(F)c1. The predicted octanol–water partition coefficient (Wildman–Crippen LogP) is 3.02. The normalized spacial score (nSPS) is 12.3. The van der Waals surface area contributed by atoms with Gasteiger partial charge in [-0.3, -0.25) is 4.21 Å². The van der Waals surface area contributed by atoms with Gasteiger partial charge in [0, 0.05) is 10.6 Å². The summed E-state index contributed by atoms with van der Waals surface area (Å²) in [6, 6.07) is 11.5. The minimum atomic E-state index is -1.21. The number of anilines is 1. The third-order valence-corrected chi connectivity index (χ3v) is 4.29. The van der Waals surface area contributed by atoms with Gasteiger partial charge in [0.2, 0.25) is 0 Å². The van der Waals surface area contributed by atoms with E-state index in [2.05, 4.69) is 0 Å². The first-order valence-corrected chi connectivity index (χ1v) is 6.87. The highest BCUT2D eigenvalue weighted by molar-refractivity contribution is 7.84. The fourth-order valence-electron chi connectivity index (χ4n) is 1.73. The molecule has 0 radical (unpaired) electrons. The number of benzene rings is 2. The Morgan fingerprint density at radius 3 is 2.67 bits per heavy atom. The zero-order chi connectivity index (χ0) is 13.1. The van der Waals surface area contributed by atoms with Crippen LogP contribution in [0.4, 0.5) is 10.1 Å². The number of rotatable bonds is 3. The molecule has 0 saturated carbocycles. The van der Waals surface area contributed by atoms with Gasteiger partial charge >= 0.3 is 0 Å². The van der Waals surface area contributed by atoms with Crippen LogP contribution in [0.15, 0.2) is 47.4 Å². The molecule has 0 aliphatic heterocycles. The van der Waals surface area contributed by atoms with Crippen LogP contribution in [0.5, 0.6) is 0 Å². The van der Waals surface area contributed by atoms with Crippen molar-refractivity contribution in [1.82, 2.24) is 0 Å². The summed E-state index contributed by atoms with van der Waals surface area (Å²) in [6.45, 7) is 1.84. The molecule has 2 rings (SSSR count). The molecule has 4 heteroatoms. The van der Waals surface area contributed by atoms with E-state index in [1.54, 1.807) is 30.3 Å². The first-order valence-electron chi connectivity index (χ1n) is 5.56. The Hall–Kier alpha value is -1.68. The van der Waals surface area contributed by atoms with Crippen LogP contribution in [0.25, 0.3) is 0 Å². The summed E-state index contributed by atoms with van der Waals surface area (Å²) in [5.41, 5.74) is 7.95. The molecular formula is C14H14FNOS. The molecule has 0 aliphatic carbocycles. The minimum absolute atomic E-state index is 0.294. The first-order chi connectivity index (χ1) is 8.58. The molecule has 94 valence electrons.